The summed E-state index contributed by atoms with van der Waals surface area (Å²) in [6.07, 6.45) is -2.37. The van der Waals surface area contributed by atoms with Gasteiger partial charge in [0.05, 0.1) is 17.8 Å². The van der Waals surface area contributed by atoms with Crippen molar-refractivity contribution < 1.29 is 22.7 Å². The van der Waals surface area contributed by atoms with E-state index in [2.05, 4.69) is 20.3 Å². The molecule has 3 heterocycles. The monoisotopic (exact) mass is 417 g/mol. The maximum Gasteiger partial charge on any atom is 0.416 e. The lowest BCUT2D eigenvalue weighted by Crippen LogP contribution is -2.47. The smallest absolute Gasteiger partial charge is 0.416 e. The summed E-state index contributed by atoms with van der Waals surface area (Å²) in [5.41, 5.74) is 0.532. The van der Waals surface area contributed by atoms with Crippen molar-refractivity contribution >= 4 is 23.9 Å². The maximum absolute atomic E-state index is 13.1. The van der Waals surface area contributed by atoms with E-state index in [1.807, 2.05) is 0 Å². The van der Waals surface area contributed by atoms with Crippen LogP contribution in [0.4, 0.5) is 23.8 Å². The fourth-order valence-corrected chi connectivity index (χ4v) is 3.23. The average Bonchev–Trinajstić information content (AvgIpc) is 2.73. The number of aryl methyl sites for hydroxylation is 1. The minimum absolute atomic E-state index is 0.249. The van der Waals surface area contributed by atoms with Crippen molar-refractivity contribution in [2.75, 3.05) is 24.7 Å². The molecular weight excluding hydrogens is 399 g/mol. The van der Waals surface area contributed by atoms with Gasteiger partial charge in [0.15, 0.2) is 11.6 Å². The molecule has 156 valence electrons. The summed E-state index contributed by atoms with van der Waals surface area (Å²) in [7, 11) is 0. The number of hydrogen-bond acceptors (Lipinski definition) is 5. The lowest BCUT2D eigenvalue weighted by Gasteiger charge is -2.30. The number of amidine groups is 1. The summed E-state index contributed by atoms with van der Waals surface area (Å²) in [4.78, 5) is 26.8. The predicted molar refractivity (Wildman–Crippen MR) is 106 cm³/mol. The predicted octanol–water partition coefficient (Wildman–Crippen LogP) is 3.81. The van der Waals surface area contributed by atoms with E-state index in [-0.39, 0.29) is 25.6 Å². The molecule has 2 aliphatic heterocycles. The second-order valence-electron chi connectivity index (χ2n) is 6.80. The number of pyridine rings is 1. The number of carbonyl (C=O) groups is 1. The number of fused-ring (bicyclic) bond motifs is 1. The summed E-state index contributed by atoms with van der Waals surface area (Å²) in [6, 6.07) is 6.15. The van der Waals surface area contributed by atoms with Gasteiger partial charge in [0.2, 0.25) is 0 Å². The number of anilines is 1. The molecule has 0 saturated heterocycles. The lowest BCUT2D eigenvalue weighted by atomic mass is 10.1. The Morgan fingerprint density at radius 1 is 1.27 bits per heavy atom. The third kappa shape index (κ3) is 3.98. The Kier molecular flexibility index (Phi) is 5.15. The Balaban J connectivity index is 1.69. The number of hydrogen-bond donors (Lipinski definition) is 1. The van der Waals surface area contributed by atoms with Gasteiger partial charge in [0, 0.05) is 18.2 Å². The SMILES string of the molecule is Cc1cc(-c2cccc(C(F)(F)F)c2)nc2c1OCCN2C(=O)NC1=NCN=CC1. The Hall–Kier alpha value is -3.43. The van der Waals surface area contributed by atoms with E-state index in [0.29, 0.717) is 34.8 Å². The number of carbonyl (C=O) groups excluding carboxylic acids is 1. The summed E-state index contributed by atoms with van der Waals surface area (Å²) in [5.74, 6) is 1.18. The quantitative estimate of drug-likeness (QED) is 0.766. The van der Waals surface area contributed by atoms with Crippen LogP contribution in [0.25, 0.3) is 11.3 Å². The highest BCUT2D eigenvalue weighted by Gasteiger charge is 2.31. The van der Waals surface area contributed by atoms with E-state index in [4.69, 9.17) is 4.74 Å². The fraction of sp³-hybridized carbons (Fsp3) is 0.300. The number of aromatic nitrogens is 1. The van der Waals surface area contributed by atoms with Crippen molar-refractivity contribution in [1.82, 2.24) is 10.3 Å². The van der Waals surface area contributed by atoms with Gasteiger partial charge >= 0.3 is 12.2 Å². The number of nitrogens with zero attached hydrogens (tertiary/aromatic N) is 4. The van der Waals surface area contributed by atoms with Gasteiger partial charge in [0.25, 0.3) is 0 Å². The molecule has 2 aliphatic rings. The first-order valence-corrected chi connectivity index (χ1v) is 9.25. The van der Waals surface area contributed by atoms with Gasteiger partial charge in [-0.05, 0) is 30.7 Å². The number of amides is 2. The zero-order chi connectivity index (χ0) is 21.3. The maximum atomic E-state index is 13.1. The van der Waals surface area contributed by atoms with Gasteiger partial charge in [-0.1, -0.05) is 12.1 Å². The molecule has 0 unspecified atom stereocenters. The molecule has 4 rings (SSSR count). The molecule has 0 radical (unpaired) electrons. The van der Waals surface area contributed by atoms with E-state index < -0.39 is 17.8 Å². The first-order chi connectivity index (χ1) is 14.3. The van der Waals surface area contributed by atoms with Gasteiger partial charge < -0.3 is 4.74 Å². The molecule has 2 amide bonds. The third-order valence-electron chi connectivity index (χ3n) is 4.70. The fourth-order valence-electron chi connectivity index (χ4n) is 3.23. The molecule has 0 bridgehead atoms. The van der Waals surface area contributed by atoms with Crippen LogP contribution in [0.3, 0.4) is 0 Å². The van der Waals surface area contributed by atoms with E-state index >= 15 is 0 Å². The molecular formula is C20H18F3N5O2. The molecule has 1 aromatic carbocycles. The molecule has 2 aromatic rings. The van der Waals surface area contributed by atoms with Crippen molar-refractivity contribution in [3.63, 3.8) is 0 Å². The molecule has 10 heteroatoms. The van der Waals surface area contributed by atoms with Crippen LogP contribution in [0.1, 0.15) is 17.5 Å². The summed E-state index contributed by atoms with van der Waals surface area (Å²) >= 11 is 0. The molecule has 1 aromatic heterocycles. The van der Waals surface area contributed by atoms with Crippen molar-refractivity contribution in [1.29, 1.82) is 0 Å². The number of nitrogens with one attached hydrogen (secondary N) is 1. The standard InChI is InChI=1S/C20H18F3N5O2/c1-12-9-15(13-3-2-4-14(10-13)20(21,22)23)26-18-17(12)30-8-7-28(18)19(29)27-16-5-6-24-11-25-16/h2-4,6,9-10H,5,7-8,11H2,1H3,(H,25,27,29). The number of rotatable bonds is 1. The minimum Gasteiger partial charge on any atom is -0.488 e. The summed E-state index contributed by atoms with van der Waals surface area (Å²) in [5, 5.41) is 2.74. The molecule has 0 saturated carbocycles. The molecule has 0 spiro atoms. The van der Waals surface area contributed by atoms with Gasteiger partial charge in [-0.15, -0.1) is 0 Å². The van der Waals surface area contributed by atoms with Crippen LogP contribution in [0.15, 0.2) is 40.3 Å². The first-order valence-electron chi connectivity index (χ1n) is 9.25. The average molecular weight is 417 g/mol. The second-order valence-corrected chi connectivity index (χ2v) is 6.80. The number of ether oxygens (including phenoxy) is 1. The van der Waals surface area contributed by atoms with E-state index in [9.17, 15) is 18.0 Å². The second kappa shape index (κ2) is 7.77. The van der Waals surface area contributed by atoms with Crippen molar-refractivity contribution in [3.8, 4) is 17.0 Å². The number of benzene rings is 1. The summed E-state index contributed by atoms with van der Waals surface area (Å²) in [6.45, 7) is 2.55. The number of aliphatic imine (C=N–C) groups is 2. The van der Waals surface area contributed by atoms with Crippen LogP contribution in [-0.4, -0.2) is 42.9 Å². The van der Waals surface area contributed by atoms with Crippen LogP contribution in [0.2, 0.25) is 0 Å². The molecule has 0 atom stereocenters. The Morgan fingerprint density at radius 2 is 2.10 bits per heavy atom. The molecule has 0 aliphatic carbocycles. The van der Waals surface area contributed by atoms with Crippen LogP contribution in [0.5, 0.6) is 5.75 Å². The van der Waals surface area contributed by atoms with Crippen molar-refractivity contribution in [3.05, 3.63) is 41.5 Å². The van der Waals surface area contributed by atoms with Gasteiger partial charge in [0.1, 0.15) is 19.1 Å². The van der Waals surface area contributed by atoms with Crippen LogP contribution in [-0.2, 0) is 6.18 Å². The molecule has 0 fully saturated rings. The van der Waals surface area contributed by atoms with Gasteiger partial charge in [-0.2, -0.15) is 13.2 Å². The molecule has 1 N–H and O–H groups in total. The highest BCUT2D eigenvalue weighted by molar-refractivity contribution is 6.08. The highest BCUT2D eigenvalue weighted by Crippen LogP contribution is 2.37. The minimum atomic E-state index is -4.46. The highest BCUT2D eigenvalue weighted by atomic mass is 19.4. The normalized spacial score (nSPS) is 15.9. The van der Waals surface area contributed by atoms with Crippen LogP contribution in [0, 0.1) is 6.92 Å². The van der Waals surface area contributed by atoms with E-state index in [0.717, 1.165) is 12.1 Å². The van der Waals surface area contributed by atoms with Crippen molar-refractivity contribution in [2.45, 2.75) is 19.5 Å². The molecule has 30 heavy (non-hydrogen) atoms. The van der Waals surface area contributed by atoms with Crippen LogP contribution < -0.4 is 15.0 Å². The Morgan fingerprint density at radius 3 is 2.83 bits per heavy atom. The zero-order valence-electron chi connectivity index (χ0n) is 16.0. The largest absolute Gasteiger partial charge is 0.488 e. The Bertz CT molecular complexity index is 1050. The number of urea groups is 1. The van der Waals surface area contributed by atoms with Crippen molar-refractivity contribution in [2.24, 2.45) is 9.98 Å². The van der Waals surface area contributed by atoms with E-state index in [1.165, 1.54) is 11.0 Å². The number of halogens is 3. The first kappa shape index (κ1) is 19.9. The van der Waals surface area contributed by atoms with Crippen LogP contribution >= 0.6 is 0 Å². The topological polar surface area (TPSA) is 79.2 Å². The number of alkyl halides is 3. The zero-order valence-corrected chi connectivity index (χ0v) is 16.0. The van der Waals surface area contributed by atoms with Gasteiger partial charge in [-0.25, -0.2) is 14.8 Å². The summed E-state index contributed by atoms with van der Waals surface area (Å²) < 4.78 is 45.0. The van der Waals surface area contributed by atoms with E-state index in [1.54, 1.807) is 25.3 Å². The van der Waals surface area contributed by atoms with Gasteiger partial charge in [-0.3, -0.25) is 15.2 Å². The molecule has 7 nitrogen and oxygen atoms in total. The Labute approximate surface area is 170 Å². The lowest BCUT2D eigenvalue weighted by molar-refractivity contribution is -0.137. The third-order valence-corrected chi connectivity index (χ3v) is 4.70.